The average molecular weight is 512 g/mol. The summed E-state index contributed by atoms with van der Waals surface area (Å²) in [5.74, 6) is 0. The smallest absolute Gasteiger partial charge is 0.210 e. The first kappa shape index (κ1) is 25.4. The molecule has 39 heavy (non-hydrogen) atoms. The van der Waals surface area contributed by atoms with Gasteiger partial charge in [0.05, 0.1) is 11.1 Å². The van der Waals surface area contributed by atoms with E-state index in [1.54, 1.807) is 0 Å². The Morgan fingerprint density at radius 3 is 2.15 bits per heavy atom. The van der Waals surface area contributed by atoms with Crippen LogP contribution in [0.25, 0.3) is 21.5 Å². The summed E-state index contributed by atoms with van der Waals surface area (Å²) in [6, 6.07) is 26.7. The molecule has 196 valence electrons. The molecule has 6 rings (SSSR count). The summed E-state index contributed by atoms with van der Waals surface area (Å²) in [6.07, 6.45) is 12.3. The number of anilines is 1. The first-order valence-electron chi connectivity index (χ1n) is 14.3. The van der Waals surface area contributed by atoms with Gasteiger partial charge in [-0.15, -0.1) is 0 Å². The van der Waals surface area contributed by atoms with Crippen molar-refractivity contribution in [2.24, 2.45) is 0 Å². The van der Waals surface area contributed by atoms with E-state index < -0.39 is 0 Å². The summed E-state index contributed by atoms with van der Waals surface area (Å²) in [5.41, 5.74) is 8.09. The molecule has 2 heteroatoms. The Bertz CT molecular complexity index is 1730. The maximum Gasteiger partial charge on any atom is 0.210 e. The second-order valence-corrected chi connectivity index (χ2v) is 12.0. The minimum Gasteiger partial charge on any atom is -0.347 e. The SMILES string of the molecule is CCC[N+]1=C(/C=C/C=C/C=C2/N(C)c3c(ccc4ccccc34)C2(C)C)C(C)(C)c2c1ccc1ccccc21. The van der Waals surface area contributed by atoms with Crippen LogP contribution in [-0.2, 0) is 10.8 Å². The second kappa shape index (κ2) is 9.38. The number of likely N-dealkylation sites (N-methyl/N-ethyl adjacent to an activating group) is 1. The highest BCUT2D eigenvalue weighted by molar-refractivity contribution is 6.07. The van der Waals surface area contributed by atoms with E-state index in [-0.39, 0.29) is 10.8 Å². The van der Waals surface area contributed by atoms with Crippen molar-refractivity contribution in [3.8, 4) is 0 Å². The van der Waals surface area contributed by atoms with Crippen LogP contribution in [0.1, 0.15) is 52.2 Å². The third-order valence-electron chi connectivity index (χ3n) is 8.84. The Balaban J connectivity index is 1.33. The Kier molecular flexibility index (Phi) is 6.10. The van der Waals surface area contributed by atoms with Crippen LogP contribution < -0.4 is 4.90 Å². The number of hydrogen-bond acceptors (Lipinski definition) is 1. The fourth-order valence-corrected chi connectivity index (χ4v) is 6.98. The van der Waals surface area contributed by atoms with Gasteiger partial charge in [0, 0.05) is 47.7 Å². The summed E-state index contributed by atoms with van der Waals surface area (Å²) in [5, 5.41) is 5.29. The topological polar surface area (TPSA) is 6.25 Å². The van der Waals surface area contributed by atoms with Crippen molar-refractivity contribution in [2.45, 2.75) is 51.9 Å². The van der Waals surface area contributed by atoms with Crippen LogP contribution in [0.5, 0.6) is 0 Å². The molecule has 0 atom stereocenters. The molecule has 0 amide bonds. The molecular formula is C37H39N2+. The number of benzene rings is 4. The molecule has 2 aliphatic rings. The number of nitrogens with zero attached hydrogens (tertiary/aromatic N) is 2. The van der Waals surface area contributed by atoms with E-state index in [9.17, 15) is 0 Å². The molecule has 2 aliphatic heterocycles. The highest BCUT2D eigenvalue weighted by atomic mass is 15.2. The van der Waals surface area contributed by atoms with Gasteiger partial charge in [-0.05, 0) is 47.7 Å². The molecule has 2 heterocycles. The third kappa shape index (κ3) is 3.88. The van der Waals surface area contributed by atoms with Gasteiger partial charge in [0.15, 0.2) is 5.71 Å². The molecule has 0 spiro atoms. The minimum atomic E-state index is -0.0649. The highest BCUT2D eigenvalue weighted by Gasteiger charge is 2.45. The number of rotatable bonds is 5. The lowest BCUT2D eigenvalue weighted by atomic mass is 9.79. The first-order valence-corrected chi connectivity index (χ1v) is 14.3. The first-order chi connectivity index (χ1) is 18.8. The summed E-state index contributed by atoms with van der Waals surface area (Å²) < 4.78 is 2.53. The lowest BCUT2D eigenvalue weighted by molar-refractivity contribution is -0.437. The van der Waals surface area contributed by atoms with Crippen molar-refractivity contribution in [1.29, 1.82) is 0 Å². The Morgan fingerprint density at radius 1 is 0.744 bits per heavy atom. The van der Waals surface area contributed by atoms with Crippen molar-refractivity contribution in [1.82, 2.24) is 0 Å². The van der Waals surface area contributed by atoms with Gasteiger partial charge >= 0.3 is 0 Å². The predicted molar refractivity (Wildman–Crippen MR) is 169 cm³/mol. The molecule has 0 bridgehead atoms. The van der Waals surface area contributed by atoms with E-state index in [2.05, 4.69) is 154 Å². The second-order valence-electron chi connectivity index (χ2n) is 12.0. The molecule has 0 saturated carbocycles. The number of fused-ring (bicyclic) bond motifs is 6. The van der Waals surface area contributed by atoms with Gasteiger partial charge in [0.2, 0.25) is 5.69 Å². The third-order valence-corrected chi connectivity index (χ3v) is 8.84. The van der Waals surface area contributed by atoms with Crippen LogP contribution in [-0.4, -0.2) is 23.9 Å². The zero-order chi connectivity index (χ0) is 27.4. The van der Waals surface area contributed by atoms with Gasteiger partial charge in [-0.3, -0.25) is 0 Å². The Morgan fingerprint density at radius 2 is 1.41 bits per heavy atom. The molecule has 4 aromatic rings. The fourth-order valence-electron chi connectivity index (χ4n) is 6.98. The Labute approximate surface area is 233 Å². The van der Waals surface area contributed by atoms with E-state index in [1.807, 2.05) is 0 Å². The van der Waals surface area contributed by atoms with Crippen molar-refractivity contribution in [3.63, 3.8) is 0 Å². The standard InChI is InChI=1S/C37H39N2/c1-7-25-39-31-24-22-26-15-11-13-17-28(26)34(31)37(4,5)33(39)20-10-8-9-19-32-36(2,3)30-23-21-27-16-12-14-18-29(27)35(30)38(32)6/h8-24H,7,25H2,1-6H3/q+1. The molecule has 0 N–H and O–H groups in total. The number of hydrogen-bond donors (Lipinski definition) is 0. The summed E-state index contributed by atoms with van der Waals surface area (Å²) in [7, 11) is 2.20. The number of allylic oxidation sites excluding steroid dienone is 6. The van der Waals surface area contributed by atoms with Crippen LogP contribution in [0.15, 0.2) is 109 Å². The maximum atomic E-state index is 2.53. The molecule has 0 radical (unpaired) electrons. The van der Waals surface area contributed by atoms with E-state index in [0.29, 0.717) is 0 Å². The molecule has 0 fully saturated rings. The molecule has 0 aromatic heterocycles. The zero-order valence-electron chi connectivity index (χ0n) is 24.1. The minimum absolute atomic E-state index is 0.0506. The van der Waals surface area contributed by atoms with E-state index in [4.69, 9.17) is 0 Å². The molecule has 2 nitrogen and oxygen atoms in total. The largest absolute Gasteiger partial charge is 0.347 e. The monoisotopic (exact) mass is 511 g/mol. The van der Waals surface area contributed by atoms with E-state index in [0.717, 1.165) is 13.0 Å². The summed E-state index contributed by atoms with van der Waals surface area (Å²) >= 11 is 0. The van der Waals surface area contributed by atoms with Gasteiger partial charge in [0.1, 0.15) is 6.54 Å². The highest BCUT2D eigenvalue weighted by Crippen LogP contribution is 2.50. The van der Waals surface area contributed by atoms with Crippen LogP contribution in [0.3, 0.4) is 0 Å². The van der Waals surface area contributed by atoms with E-state index >= 15 is 0 Å². The van der Waals surface area contributed by atoms with E-state index in [1.165, 1.54) is 55.5 Å². The molecule has 0 aliphatic carbocycles. The predicted octanol–water partition coefficient (Wildman–Crippen LogP) is 9.20. The lowest BCUT2D eigenvalue weighted by Gasteiger charge is -2.23. The summed E-state index contributed by atoms with van der Waals surface area (Å²) in [6.45, 7) is 12.7. The normalized spacial score (nSPS) is 18.8. The maximum absolute atomic E-state index is 2.53. The van der Waals surface area contributed by atoms with Gasteiger partial charge in [-0.2, -0.15) is 4.58 Å². The van der Waals surface area contributed by atoms with Crippen LogP contribution in [0, 0.1) is 0 Å². The van der Waals surface area contributed by atoms with Crippen molar-refractivity contribution in [2.75, 3.05) is 18.5 Å². The fraction of sp³-hybridized carbons (Fsp3) is 0.270. The van der Waals surface area contributed by atoms with Crippen LogP contribution in [0.2, 0.25) is 0 Å². The van der Waals surface area contributed by atoms with Crippen LogP contribution >= 0.6 is 0 Å². The molecule has 0 unspecified atom stereocenters. The Hall–Kier alpha value is -3.91. The van der Waals surface area contributed by atoms with Crippen molar-refractivity contribution >= 4 is 38.6 Å². The quantitative estimate of drug-likeness (QED) is 0.191. The van der Waals surface area contributed by atoms with Crippen molar-refractivity contribution < 1.29 is 4.58 Å². The van der Waals surface area contributed by atoms with Gasteiger partial charge in [-0.25, -0.2) is 0 Å². The molecule has 0 saturated heterocycles. The zero-order valence-corrected chi connectivity index (χ0v) is 24.1. The van der Waals surface area contributed by atoms with Gasteiger partial charge in [-0.1, -0.05) is 99.7 Å². The molecular weight excluding hydrogens is 472 g/mol. The summed E-state index contributed by atoms with van der Waals surface area (Å²) in [4.78, 5) is 2.38. The van der Waals surface area contributed by atoms with Gasteiger partial charge in [0.25, 0.3) is 0 Å². The average Bonchev–Trinajstić information content (AvgIpc) is 3.27. The van der Waals surface area contributed by atoms with Gasteiger partial charge < -0.3 is 4.90 Å². The van der Waals surface area contributed by atoms with Crippen LogP contribution in [0.4, 0.5) is 11.4 Å². The van der Waals surface area contributed by atoms with Crippen molar-refractivity contribution in [3.05, 3.63) is 120 Å². The lowest BCUT2D eigenvalue weighted by Crippen LogP contribution is -2.28. The molecule has 4 aromatic carbocycles.